The lowest BCUT2D eigenvalue weighted by molar-refractivity contribution is 0.636. The van der Waals surface area contributed by atoms with E-state index in [0.29, 0.717) is 10.9 Å². The Balaban J connectivity index is 0.00000112. The predicted molar refractivity (Wildman–Crippen MR) is 59.7 cm³/mol. The van der Waals surface area contributed by atoms with Gasteiger partial charge in [0.05, 0.1) is 5.52 Å². The van der Waals surface area contributed by atoms with Gasteiger partial charge in [-0.15, -0.1) is 12.4 Å². The zero-order valence-electron chi connectivity index (χ0n) is 7.79. The first kappa shape index (κ1) is 11.7. The van der Waals surface area contributed by atoms with E-state index in [1.807, 2.05) is 0 Å². The van der Waals surface area contributed by atoms with E-state index in [4.69, 9.17) is 5.73 Å². The van der Waals surface area contributed by atoms with Crippen molar-refractivity contribution in [3.8, 4) is 0 Å². The van der Waals surface area contributed by atoms with E-state index in [0.717, 1.165) is 0 Å². The van der Waals surface area contributed by atoms with Gasteiger partial charge in [0.15, 0.2) is 5.43 Å². The number of nitrogens with one attached hydrogen (secondary N) is 1. The lowest BCUT2D eigenvalue weighted by Crippen LogP contribution is -2.14. The molecule has 15 heavy (non-hydrogen) atoms. The summed E-state index contributed by atoms with van der Waals surface area (Å²) >= 11 is 0. The maximum absolute atomic E-state index is 13.2. The van der Waals surface area contributed by atoms with Crippen LogP contribution in [0.3, 0.4) is 0 Å². The summed E-state index contributed by atoms with van der Waals surface area (Å²) in [5.41, 5.74) is 5.85. The van der Waals surface area contributed by atoms with Gasteiger partial charge >= 0.3 is 0 Å². The van der Waals surface area contributed by atoms with Gasteiger partial charge in [0.2, 0.25) is 0 Å². The number of benzene rings is 1. The second-order valence-corrected chi connectivity index (χ2v) is 3.01. The SMILES string of the molecule is Cl.NCc1c[nH]c2c(F)cccc2c1=O. The monoisotopic (exact) mass is 228 g/mol. The molecule has 0 saturated carbocycles. The molecule has 0 radical (unpaired) electrons. The summed E-state index contributed by atoms with van der Waals surface area (Å²) in [4.78, 5) is 14.4. The van der Waals surface area contributed by atoms with Crippen LogP contribution in [0.4, 0.5) is 4.39 Å². The molecule has 5 heteroatoms. The summed E-state index contributed by atoms with van der Waals surface area (Å²) in [6.45, 7) is 0.155. The molecule has 1 heterocycles. The molecule has 0 spiro atoms. The van der Waals surface area contributed by atoms with Crippen LogP contribution in [-0.4, -0.2) is 4.98 Å². The molecule has 0 atom stereocenters. The smallest absolute Gasteiger partial charge is 0.193 e. The summed E-state index contributed by atoms with van der Waals surface area (Å²) in [7, 11) is 0. The lowest BCUT2D eigenvalue weighted by atomic mass is 10.1. The molecule has 80 valence electrons. The summed E-state index contributed by atoms with van der Waals surface area (Å²) in [5.74, 6) is -0.428. The van der Waals surface area contributed by atoms with Crippen molar-refractivity contribution in [3.05, 3.63) is 46.0 Å². The minimum absolute atomic E-state index is 0. The first-order valence-electron chi connectivity index (χ1n) is 4.23. The molecule has 0 amide bonds. The predicted octanol–water partition coefficient (Wildman–Crippen LogP) is 1.55. The highest BCUT2D eigenvalue weighted by molar-refractivity contribution is 5.85. The molecule has 0 saturated heterocycles. The van der Waals surface area contributed by atoms with Gasteiger partial charge in [-0.3, -0.25) is 4.79 Å². The minimum atomic E-state index is -0.428. The Hall–Kier alpha value is -1.39. The average Bonchev–Trinajstić information content (AvgIpc) is 2.20. The number of aromatic nitrogens is 1. The zero-order chi connectivity index (χ0) is 10.1. The summed E-state index contributed by atoms with van der Waals surface area (Å²) < 4.78 is 13.2. The molecule has 1 aromatic heterocycles. The molecule has 3 N–H and O–H groups in total. The molecule has 3 nitrogen and oxygen atoms in total. The standard InChI is InChI=1S/C10H9FN2O.ClH/c11-8-3-1-2-7-9(8)13-5-6(4-12)10(7)14;/h1-3,5H,4,12H2,(H,13,14);1H. The normalized spacial score (nSPS) is 10.0. The maximum Gasteiger partial charge on any atom is 0.193 e. The van der Waals surface area contributed by atoms with Crippen molar-refractivity contribution in [2.24, 2.45) is 5.73 Å². The van der Waals surface area contributed by atoms with Crippen molar-refractivity contribution < 1.29 is 4.39 Å². The largest absolute Gasteiger partial charge is 0.358 e. The van der Waals surface area contributed by atoms with E-state index in [1.54, 1.807) is 6.07 Å². The third-order valence-electron chi connectivity index (χ3n) is 2.16. The van der Waals surface area contributed by atoms with Crippen LogP contribution in [-0.2, 0) is 6.54 Å². The van der Waals surface area contributed by atoms with E-state index in [1.165, 1.54) is 18.3 Å². The van der Waals surface area contributed by atoms with Crippen LogP contribution in [0, 0.1) is 5.82 Å². The van der Waals surface area contributed by atoms with Gasteiger partial charge < -0.3 is 10.7 Å². The number of nitrogens with two attached hydrogens (primary N) is 1. The van der Waals surface area contributed by atoms with Gasteiger partial charge in [-0.2, -0.15) is 0 Å². The van der Waals surface area contributed by atoms with Crippen molar-refractivity contribution in [2.75, 3.05) is 0 Å². The number of aromatic amines is 1. The highest BCUT2D eigenvalue weighted by atomic mass is 35.5. The van der Waals surface area contributed by atoms with E-state index >= 15 is 0 Å². The third kappa shape index (κ3) is 1.86. The summed E-state index contributed by atoms with van der Waals surface area (Å²) in [6, 6.07) is 4.39. The number of fused-ring (bicyclic) bond motifs is 1. The first-order chi connectivity index (χ1) is 6.74. The fraction of sp³-hybridized carbons (Fsp3) is 0.100. The molecule has 0 fully saturated rings. The Morgan fingerprint density at radius 3 is 2.80 bits per heavy atom. The zero-order valence-corrected chi connectivity index (χ0v) is 8.60. The van der Waals surface area contributed by atoms with Crippen LogP contribution < -0.4 is 11.2 Å². The first-order valence-corrected chi connectivity index (χ1v) is 4.23. The molecule has 2 rings (SSSR count). The Kier molecular flexibility index (Phi) is 3.44. The lowest BCUT2D eigenvalue weighted by Gasteiger charge is -2.01. The highest BCUT2D eigenvalue weighted by Gasteiger charge is 2.06. The van der Waals surface area contributed by atoms with Crippen LogP contribution >= 0.6 is 12.4 Å². The van der Waals surface area contributed by atoms with Crippen LogP contribution in [0.5, 0.6) is 0 Å². The fourth-order valence-corrected chi connectivity index (χ4v) is 1.41. The average molecular weight is 229 g/mol. The van der Waals surface area contributed by atoms with E-state index in [-0.39, 0.29) is 29.9 Å². The Labute approximate surface area is 91.5 Å². The second kappa shape index (κ2) is 4.42. The van der Waals surface area contributed by atoms with Crippen molar-refractivity contribution in [3.63, 3.8) is 0 Å². The third-order valence-corrected chi connectivity index (χ3v) is 2.16. The van der Waals surface area contributed by atoms with Gasteiger partial charge in [-0.1, -0.05) is 6.07 Å². The minimum Gasteiger partial charge on any atom is -0.358 e. The van der Waals surface area contributed by atoms with E-state index in [9.17, 15) is 9.18 Å². The van der Waals surface area contributed by atoms with E-state index in [2.05, 4.69) is 4.98 Å². The highest BCUT2D eigenvalue weighted by Crippen LogP contribution is 2.11. The molecule has 1 aromatic carbocycles. The summed E-state index contributed by atoms with van der Waals surface area (Å²) in [5, 5.41) is 0.341. The quantitative estimate of drug-likeness (QED) is 0.778. The van der Waals surface area contributed by atoms with Gasteiger partial charge in [-0.25, -0.2) is 4.39 Å². The van der Waals surface area contributed by atoms with Crippen LogP contribution in [0.25, 0.3) is 10.9 Å². The number of rotatable bonds is 1. The van der Waals surface area contributed by atoms with Gasteiger partial charge in [-0.05, 0) is 12.1 Å². The number of halogens is 2. The van der Waals surface area contributed by atoms with Crippen molar-refractivity contribution >= 4 is 23.3 Å². The molecule has 0 aliphatic heterocycles. The molecular formula is C10H10ClFN2O. The number of pyridine rings is 1. The van der Waals surface area contributed by atoms with Gasteiger partial charge in [0, 0.05) is 23.7 Å². The Morgan fingerprint density at radius 1 is 1.40 bits per heavy atom. The molecular weight excluding hydrogens is 219 g/mol. The molecule has 0 aliphatic rings. The number of hydrogen-bond donors (Lipinski definition) is 2. The number of para-hydroxylation sites is 1. The van der Waals surface area contributed by atoms with Crippen molar-refractivity contribution in [2.45, 2.75) is 6.54 Å². The number of H-pyrrole nitrogens is 1. The molecule has 0 bridgehead atoms. The van der Waals surface area contributed by atoms with Gasteiger partial charge in [0.25, 0.3) is 0 Å². The van der Waals surface area contributed by atoms with Crippen LogP contribution in [0.15, 0.2) is 29.2 Å². The molecule has 0 unspecified atom stereocenters. The summed E-state index contributed by atoms with van der Waals surface area (Å²) in [6.07, 6.45) is 1.45. The van der Waals surface area contributed by atoms with Crippen molar-refractivity contribution in [1.29, 1.82) is 0 Å². The molecule has 2 aromatic rings. The second-order valence-electron chi connectivity index (χ2n) is 3.01. The Bertz CT molecular complexity index is 538. The topological polar surface area (TPSA) is 58.9 Å². The fourth-order valence-electron chi connectivity index (χ4n) is 1.41. The van der Waals surface area contributed by atoms with Gasteiger partial charge in [0.1, 0.15) is 5.82 Å². The van der Waals surface area contributed by atoms with E-state index < -0.39 is 5.82 Å². The Morgan fingerprint density at radius 2 is 2.13 bits per heavy atom. The number of hydrogen-bond acceptors (Lipinski definition) is 2. The molecule has 0 aliphatic carbocycles. The maximum atomic E-state index is 13.2. The van der Waals surface area contributed by atoms with Crippen LogP contribution in [0.2, 0.25) is 0 Å². The van der Waals surface area contributed by atoms with Crippen molar-refractivity contribution in [1.82, 2.24) is 4.98 Å². The van der Waals surface area contributed by atoms with Crippen LogP contribution in [0.1, 0.15) is 5.56 Å².